The van der Waals surface area contributed by atoms with Gasteiger partial charge in [0.15, 0.2) is 11.6 Å². The number of hydrogen-bond donors (Lipinski definition) is 0. The Balaban J connectivity index is 2.02. The van der Waals surface area contributed by atoms with Crippen LogP contribution in [0.25, 0.3) is 0 Å². The maximum atomic E-state index is 12.7. The summed E-state index contributed by atoms with van der Waals surface area (Å²) in [6, 6.07) is 1.70. The molecule has 25 heavy (non-hydrogen) atoms. The number of ether oxygens (including phenoxy) is 2. The van der Waals surface area contributed by atoms with Crippen molar-refractivity contribution in [1.29, 1.82) is 0 Å². The summed E-state index contributed by atoms with van der Waals surface area (Å²) in [6.45, 7) is 4.27. The number of aromatic nitrogens is 1. The van der Waals surface area contributed by atoms with E-state index in [2.05, 4.69) is 4.98 Å². The molecule has 0 aliphatic heterocycles. The Morgan fingerprint density at radius 2 is 2.04 bits per heavy atom. The van der Waals surface area contributed by atoms with E-state index in [9.17, 15) is 14.4 Å². The number of nitrogens with zero attached hydrogens (tertiary/aromatic N) is 1. The highest BCUT2D eigenvalue weighted by atomic mass is 16.5. The van der Waals surface area contributed by atoms with Crippen LogP contribution in [0, 0.1) is 18.8 Å². The Morgan fingerprint density at radius 1 is 1.28 bits per heavy atom. The normalized spacial score (nSPS) is 14.8. The van der Waals surface area contributed by atoms with Gasteiger partial charge in [0.1, 0.15) is 6.61 Å². The van der Waals surface area contributed by atoms with Gasteiger partial charge in [0, 0.05) is 31.0 Å². The van der Waals surface area contributed by atoms with Gasteiger partial charge >= 0.3 is 5.97 Å². The zero-order chi connectivity index (χ0) is 18.2. The van der Waals surface area contributed by atoms with Crippen LogP contribution in [-0.2, 0) is 19.1 Å². The minimum Gasteiger partial charge on any atom is -0.466 e. The molecule has 0 aromatic carbocycles. The number of hydrogen-bond acceptors (Lipinski definition) is 6. The smallest absolute Gasteiger partial charge is 0.305 e. The average Bonchev–Trinajstić information content (AvgIpc) is 3.39. The summed E-state index contributed by atoms with van der Waals surface area (Å²) >= 11 is 0. The SMILES string of the molecule is CCOC(=O)CCC(C(=O)COCC1CC1)C(=O)c1cncc(C)c1. The quantitative estimate of drug-likeness (QED) is 0.347. The van der Waals surface area contributed by atoms with Gasteiger partial charge in [-0.25, -0.2) is 0 Å². The van der Waals surface area contributed by atoms with Crippen molar-refractivity contribution in [3.8, 4) is 0 Å². The Kier molecular flexibility index (Phi) is 7.25. The van der Waals surface area contributed by atoms with Crippen molar-refractivity contribution in [3.63, 3.8) is 0 Å². The zero-order valence-corrected chi connectivity index (χ0v) is 14.8. The van der Waals surface area contributed by atoms with Gasteiger partial charge in [-0.1, -0.05) is 0 Å². The molecular weight excluding hydrogens is 322 g/mol. The van der Waals surface area contributed by atoms with E-state index in [4.69, 9.17) is 9.47 Å². The number of carbonyl (C=O) groups excluding carboxylic acids is 3. The Hall–Kier alpha value is -2.08. The first kappa shape index (κ1) is 19.2. The summed E-state index contributed by atoms with van der Waals surface area (Å²) in [4.78, 5) is 40.9. The fraction of sp³-hybridized carbons (Fsp3) is 0.579. The molecule has 0 N–H and O–H groups in total. The van der Waals surface area contributed by atoms with Crippen LogP contribution in [0.2, 0.25) is 0 Å². The summed E-state index contributed by atoms with van der Waals surface area (Å²) < 4.78 is 10.3. The predicted octanol–water partition coefficient (Wildman–Crippen LogP) is 2.53. The molecule has 1 fully saturated rings. The molecule has 1 atom stereocenters. The van der Waals surface area contributed by atoms with E-state index in [-0.39, 0.29) is 37.6 Å². The Morgan fingerprint density at radius 3 is 2.68 bits per heavy atom. The number of Topliss-reactive ketones (excluding diaryl/α,β-unsaturated/α-hetero) is 2. The summed E-state index contributed by atoms with van der Waals surface area (Å²) in [5.41, 5.74) is 1.22. The van der Waals surface area contributed by atoms with E-state index in [0.717, 1.165) is 18.4 Å². The van der Waals surface area contributed by atoms with Gasteiger partial charge in [-0.3, -0.25) is 19.4 Å². The number of carbonyl (C=O) groups is 3. The van der Waals surface area contributed by atoms with E-state index >= 15 is 0 Å². The van der Waals surface area contributed by atoms with Crippen LogP contribution in [0.4, 0.5) is 0 Å². The molecule has 0 bridgehead atoms. The lowest BCUT2D eigenvalue weighted by atomic mass is 9.90. The van der Waals surface area contributed by atoms with Crippen LogP contribution in [0.1, 0.15) is 48.5 Å². The molecule has 1 aromatic heterocycles. The van der Waals surface area contributed by atoms with Gasteiger partial charge in [-0.15, -0.1) is 0 Å². The molecule has 2 rings (SSSR count). The minimum absolute atomic E-state index is 0.0257. The summed E-state index contributed by atoms with van der Waals surface area (Å²) in [5.74, 6) is -1.39. The van der Waals surface area contributed by atoms with E-state index in [1.54, 1.807) is 19.2 Å². The van der Waals surface area contributed by atoms with Gasteiger partial charge in [0.2, 0.25) is 0 Å². The van der Waals surface area contributed by atoms with Crippen molar-refractivity contribution in [3.05, 3.63) is 29.6 Å². The number of aryl methyl sites for hydroxylation is 1. The molecule has 1 aliphatic carbocycles. The van der Waals surface area contributed by atoms with E-state index in [1.807, 2.05) is 6.92 Å². The fourth-order valence-corrected chi connectivity index (χ4v) is 2.54. The molecule has 0 saturated heterocycles. The average molecular weight is 347 g/mol. The number of ketones is 2. The lowest BCUT2D eigenvalue weighted by Gasteiger charge is -2.15. The lowest BCUT2D eigenvalue weighted by Crippen LogP contribution is -2.29. The zero-order valence-electron chi connectivity index (χ0n) is 14.8. The molecule has 6 heteroatoms. The predicted molar refractivity (Wildman–Crippen MR) is 91.2 cm³/mol. The van der Waals surface area contributed by atoms with Crippen LogP contribution < -0.4 is 0 Å². The highest BCUT2D eigenvalue weighted by molar-refractivity contribution is 6.11. The fourth-order valence-electron chi connectivity index (χ4n) is 2.54. The molecule has 1 unspecified atom stereocenters. The highest BCUT2D eigenvalue weighted by Gasteiger charge is 2.29. The second kappa shape index (κ2) is 9.42. The van der Waals surface area contributed by atoms with Crippen molar-refractivity contribution < 1.29 is 23.9 Å². The van der Waals surface area contributed by atoms with E-state index in [1.165, 1.54) is 6.20 Å². The summed E-state index contributed by atoms with van der Waals surface area (Å²) in [7, 11) is 0. The first-order chi connectivity index (χ1) is 12.0. The maximum Gasteiger partial charge on any atom is 0.305 e. The van der Waals surface area contributed by atoms with Gasteiger partial charge in [-0.05, 0) is 50.7 Å². The summed E-state index contributed by atoms with van der Waals surface area (Å²) in [6.07, 6.45) is 5.51. The molecule has 136 valence electrons. The molecule has 0 amide bonds. The van der Waals surface area contributed by atoms with Crippen molar-refractivity contribution >= 4 is 17.5 Å². The van der Waals surface area contributed by atoms with Crippen molar-refractivity contribution in [2.75, 3.05) is 19.8 Å². The molecular formula is C19H25NO5. The van der Waals surface area contributed by atoms with Gasteiger partial charge in [0.05, 0.1) is 12.5 Å². The molecule has 1 saturated carbocycles. The minimum atomic E-state index is -0.910. The number of pyridine rings is 1. The third-order valence-corrected chi connectivity index (χ3v) is 4.10. The van der Waals surface area contributed by atoms with Gasteiger partial charge in [0.25, 0.3) is 0 Å². The molecule has 0 spiro atoms. The number of rotatable bonds is 11. The van der Waals surface area contributed by atoms with Crippen LogP contribution >= 0.6 is 0 Å². The second-order valence-corrected chi connectivity index (χ2v) is 6.44. The lowest BCUT2D eigenvalue weighted by molar-refractivity contribution is -0.143. The monoisotopic (exact) mass is 347 g/mol. The maximum absolute atomic E-state index is 12.7. The van der Waals surface area contributed by atoms with Crippen molar-refractivity contribution in [2.45, 2.75) is 39.5 Å². The summed E-state index contributed by atoms with van der Waals surface area (Å²) in [5, 5.41) is 0. The van der Waals surface area contributed by atoms with Crippen molar-refractivity contribution in [2.24, 2.45) is 11.8 Å². The van der Waals surface area contributed by atoms with Crippen LogP contribution in [0.15, 0.2) is 18.5 Å². The van der Waals surface area contributed by atoms with E-state index in [0.29, 0.717) is 18.1 Å². The van der Waals surface area contributed by atoms with Gasteiger partial charge < -0.3 is 9.47 Å². The van der Waals surface area contributed by atoms with Crippen LogP contribution in [0.5, 0.6) is 0 Å². The topological polar surface area (TPSA) is 82.6 Å². The third kappa shape index (κ3) is 6.38. The Bertz CT molecular complexity index is 624. The molecule has 1 aliphatic rings. The molecule has 6 nitrogen and oxygen atoms in total. The second-order valence-electron chi connectivity index (χ2n) is 6.44. The highest BCUT2D eigenvalue weighted by Crippen LogP contribution is 2.28. The standard InChI is InChI=1S/C19H25NO5/c1-3-25-18(22)7-6-16(17(21)12-24-11-14-4-5-14)19(23)15-8-13(2)9-20-10-15/h8-10,14,16H,3-7,11-12H2,1-2H3. The largest absolute Gasteiger partial charge is 0.466 e. The molecule has 1 aromatic rings. The number of esters is 1. The third-order valence-electron chi connectivity index (χ3n) is 4.10. The molecule has 1 heterocycles. The van der Waals surface area contributed by atoms with Gasteiger partial charge in [-0.2, -0.15) is 0 Å². The van der Waals surface area contributed by atoms with E-state index < -0.39 is 11.9 Å². The van der Waals surface area contributed by atoms with Crippen LogP contribution in [0.3, 0.4) is 0 Å². The first-order valence-corrected chi connectivity index (χ1v) is 8.73. The molecule has 0 radical (unpaired) electrons. The Labute approximate surface area is 147 Å². The first-order valence-electron chi connectivity index (χ1n) is 8.73. The van der Waals surface area contributed by atoms with Crippen molar-refractivity contribution in [1.82, 2.24) is 4.98 Å². The van der Waals surface area contributed by atoms with Crippen LogP contribution in [-0.4, -0.2) is 42.3 Å².